The SMILES string of the molecule is CCn1cc(CC2(N)CCOC2C2CC2)cn1. The summed E-state index contributed by atoms with van der Waals surface area (Å²) in [6.45, 7) is 3.83. The summed E-state index contributed by atoms with van der Waals surface area (Å²) in [5.74, 6) is 0.712. The van der Waals surface area contributed by atoms with Crippen molar-refractivity contribution in [3.63, 3.8) is 0 Å². The smallest absolute Gasteiger partial charge is 0.0786 e. The number of nitrogens with two attached hydrogens (primary N) is 1. The molecule has 1 saturated carbocycles. The van der Waals surface area contributed by atoms with E-state index < -0.39 is 0 Å². The molecule has 17 heavy (non-hydrogen) atoms. The lowest BCUT2D eigenvalue weighted by Gasteiger charge is -2.29. The van der Waals surface area contributed by atoms with Crippen molar-refractivity contribution in [2.45, 2.75) is 50.8 Å². The molecule has 0 aromatic carbocycles. The van der Waals surface area contributed by atoms with Crippen molar-refractivity contribution in [1.82, 2.24) is 9.78 Å². The van der Waals surface area contributed by atoms with Crippen LogP contribution in [0.4, 0.5) is 0 Å². The number of hydrogen-bond donors (Lipinski definition) is 1. The fraction of sp³-hybridized carbons (Fsp3) is 0.769. The Morgan fingerprint density at radius 2 is 2.41 bits per heavy atom. The van der Waals surface area contributed by atoms with Crippen molar-refractivity contribution in [2.24, 2.45) is 11.7 Å². The summed E-state index contributed by atoms with van der Waals surface area (Å²) in [5.41, 5.74) is 7.64. The van der Waals surface area contributed by atoms with E-state index in [2.05, 4.69) is 18.2 Å². The Morgan fingerprint density at radius 3 is 3.06 bits per heavy atom. The monoisotopic (exact) mass is 235 g/mol. The van der Waals surface area contributed by atoms with Gasteiger partial charge in [-0.2, -0.15) is 5.10 Å². The van der Waals surface area contributed by atoms with Crippen molar-refractivity contribution >= 4 is 0 Å². The minimum absolute atomic E-state index is 0.164. The van der Waals surface area contributed by atoms with Crippen molar-refractivity contribution in [3.05, 3.63) is 18.0 Å². The van der Waals surface area contributed by atoms with E-state index >= 15 is 0 Å². The first-order valence-corrected chi connectivity index (χ1v) is 6.63. The zero-order valence-electron chi connectivity index (χ0n) is 10.4. The average molecular weight is 235 g/mol. The van der Waals surface area contributed by atoms with Gasteiger partial charge in [0.05, 0.1) is 12.3 Å². The normalized spacial score (nSPS) is 33.2. The molecule has 4 nitrogen and oxygen atoms in total. The van der Waals surface area contributed by atoms with Crippen LogP contribution in [0.2, 0.25) is 0 Å². The lowest BCUT2D eigenvalue weighted by atomic mass is 9.84. The number of hydrogen-bond acceptors (Lipinski definition) is 3. The van der Waals surface area contributed by atoms with Gasteiger partial charge in [-0.3, -0.25) is 4.68 Å². The molecule has 2 unspecified atom stereocenters. The molecule has 2 atom stereocenters. The van der Waals surface area contributed by atoms with Gasteiger partial charge in [0.15, 0.2) is 0 Å². The minimum Gasteiger partial charge on any atom is -0.376 e. The molecule has 0 radical (unpaired) electrons. The summed E-state index contributed by atoms with van der Waals surface area (Å²) in [6.07, 6.45) is 8.78. The first kappa shape index (κ1) is 11.2. The summed E-state index contributed by atoms with van der Waals surface area (Å²) in [7, 11) is 0. The molecular weight excluding hydrogens is 214 g/mol. The van der Waals surface area contributed by atoms with Gasteiger partial charge in [0.1, 0.15) is 0 Å². The van der Waals surface area contributed by atoms with Crippen LogP contribution in [0.5, 0.6) is 0 Å². The van der Waals surface area contributed by atoms with E-state index in [0.717, 1.165) is 26.0 Å². The Kier molecular flexibility index (Phi) is 2.71. The standard InChI is InChI=1S/C13H21N3O/c1-2-16-9-10(8-15-16)7-13(14)5-6-17-12(13)11-3-4-11/h8-9,11-12H,2-7,14H2,1H3. The van der Waals surface area contributed by atoms with E-state index in [4.69, 9.17) is 10.5 Å². The van der Waals surface area contributed by atoms with E-state index in [1.54, 1.807) is 0 Å². The predicted octanol–water partition coefficient (Wildman–Crippen LogP) is 1.34. The van der Waals surface area contributed by atoms with Crippen LogP contribution in [-0.4, -0.2) is 28.0 Å². The van der Waals surface area contributed by atoms with Crippen LogP contribution in [-0.2, 0) is 17.7 Å². The molecule has 3 rings (SSSR count). The summed E-state index contributed by atoms with van der Waals surface area (Å²) in [4.78, 5) is 0. The van der Waals surface area contributed by atoms with E-state index in [0.29, 0.717) is 5.92 Å². The number of ether oxygens (including phenoxy) is 1. The van der Waals surface area contributed by atoms with Crippen LogP contribution >= 0.6 is 0 Å². The summed E-state index contributed by atoms with van der Waals surface area (Å²) >= 11 is 0. The van der Waals surface area contributed by atoms with Gasteiger partial charge < -0.3 is 10.5 Å². The molecule has 2 heterocycles. The zero-order valence-corrected chi connectivity index (χ0v) is 10.4. The van der Waals surface area contributed by atoms with Gasteiger partial charge in [-0.15, -0.1) is 0 Å². The topological polar surface area (TPSA) is 53.1 Å². The Hall–Kier alpha value is -0.870. The van der Waals surface area contributed by atoms with Crippen molar-refractivity contribution in [3.8, 4) is 0 Å². The molecule has 94 valence electrons. The van der Waals surface area contributed by atoms with Crippen LogP contribution in [0.25, 0.3) is 0 Å². The number of rotatable bonds is 4. The molecule has 2 fully saturated rings. The minimum atomic E-state index is -0.164. The van der Waals surface area contributed by atoms with Crippen molar-refractivity contribution in [2.75, 3.05) is 6.61 Å². The van der Waals surface area contributed by atoms with Gasteiger partial charge >= 0.3 is 0 Å². The molecule has 0 amide bonds. The Bertz CT molecular complexity index is 399. The Balaban J connectivity index is 1.73. The third kappa shape index (κ3) is 2.11. The van der Waals surface area contributed by atoms with Gasteiger partial charge in [-0.25, -0.2) is 0 Å². The first-order chi connectivity index (χ1) is 8.21. The van der Waals surface area contributed by atoms with E-state index in [-0.39, 0.29) is 11.6 Å². The Labute approximate surface area is 102 Å². The molecule has 0 bridgehead atoms. The fourth-order valence-corrected chi connectivity index (χ4v) is 2.93. The maximum atomic E-state index is 6.56. The van der Waals surface area contributed by atoms with Crippen molar-refractivity contribution in [1.29, 1.82) is 0 Å². The van der Waals surface area contributed by atoms with Gasteiger partial charge in [-0.05, 0) is 44.1 Å². The molecular formula is C13H21N3O. The molecule has 2 N–H and O–H groups in total. The van der Waals surface area contributed by atoms with Gasteiger partial charge in [0, 0.05) is 24.9 Å². The van der Waals surface area contributed by atoms with Gasteiger partial charge in [0.25, 0.3) is 0 Å². The van der Waals surface area contributed by atoms with E-state index in [1.807, 2.05) is 10.9 Å². The lowest BCUT2D eigenvalue weighted by Crippen LogP contribution is -2.50. The van der Waals surface area contributed by atoms with Gasteiger partial charge in [-0.1, -0.05) is 0 Å². The van der Waals surface area contributed by atoms with Gasteiger partial charge in [0.2, 0.25) is 0 Å². The second kappa shape index (κ2) is 4.10. The quantitative estimate of drug-likeness (QED) is 0.857. The van der Waals surface area contributed by atoms with E-state index in [1.165, 1.54) is 18.4 Å². The summed E-state index contributed by atoms with van der Waals surface area (Å²) < 4.78 is 7.80. The third-order valence-corrected chi connectivity index (χ3v) is 4.03. The highest BCUT2D eigenvalue weighted by molar-refractivity contribution is 5.14. The maximum Gasteiger partial charge on any atom is 0.0786 e. The summed E-state index contributed by atoms with van der Waals surface area (Å²) in [5, 5.41) is 4.31. The third-order valence-electron chi connectivity index (χ3n) is 4.03. The highest BCUT2D eigenvalue weighted by Gasteiger charge is 2.48. The highest BCUT2D eigenvalue weighted by atomic mass is 16.5. The summed E-state index contributed by atoms with van der Waals surface area (Å²) in [6, 6.07) is 0. The molecule has 2 aliphatic rings. The molecule has 1 saturated heterocycles. The first-order valence-electron chi connectivity index (χ1n) is 6.63. The molecule has 0 spiro atoms. The molecule has 1 aliphatic heterocycles. The van der Waals surface area contributed by atoms with Crippen LogP contribution in [0.1, 0.15) is 31.7 Å². The number of aromatic nitrogens is 2. The largest absolute Gasteiger partial charge is 0.376 e. The molecule has 1 aliphatic carbocycles. The lowest BCUT2D eigenvalue weighted by molar-refractivity contribution is 0.0626. The van der Waals surface area contributed by atoms with Crippen LogP contribution < -0.4 is 5.73 Å². The average Bonchev–Trinajstić information content (AvgIpc) is 2.94. The maximum absolute atomic E-state index is 6.56. The highest BCUT2D eigenvalue weighted by Crippen LogP contribution is 2.43. The van der Waals surface area contributed by atoms with Crippen LogP contribution in [0.15, 0.2) is 12.4 Å². The predicted molar refractivity (Wildman–Crippen MR) is 65.6 cm³/mol. The molecule has 1 aromatic rings. The number of nitrogens with zero attached hydrogens (tertiary/aromatic N) is 2. The molecule has 4 heteroatoms. The Morgan fingerprint density at radius 1 is 1.59 bits per heavy atom. The second-order valence-electron chi connectivity index (χ2n) is 5.49. The van der Waals surface area contributed by atoms with E-state index in [9.17, 15) is 0 Å². The second-order valence-corrected chi connectivity index (χ2v) is 5.49. The number of aryl methyl sites for hydroxylation is 1. The zero-order chi connectivity index (χ0) is 11.9. The van der Waals surface area contributed by atoms with Crippen molar-refractivity contribution < 1.29 is 4.74 Å². The van der Waals surface area contributed by atoms with Crippen LogP contribution in [0, 0.1) is 5.92 Å². The fourth-order valence-electron chi connectivity index (χ4n) is 2.93. The van der Waals surface area contributed by atoms with Crippen LogP contribution in [0.3, 0.4) is 0 Å². The molecule has 1 aromatic heterocycles.